The Balaban J connectivity index is 4.92. The summed E-state index contributed by atoms with van der Waals surface area (Å²) in [7, 11) is 0. The fourth-order valence-corrected chi connectivity index (χ4v) is 1.38. The first-order chi connectivity index (χ1) is 9.61. The molecule has 0 bridgehead atoms. The molecule has 0 aromatic carbocycles. The highest BCUT2D eigenvalue weighted by Crippen LogP contribution is 1.99. The van der Waals surface area contributed by atoms with E-state index in [1.54, 1.807) is 0 Å². The van der Waals surface area contributed by atoms with Crippen molar-refractivity contribution in [1.82, 2.24) is 10.6 Å². The molecule has 0 fully saturated rings. The standard InChI is InChI=1S/C11H21N3O7/c1-4(16)7(13-9(18)6(12)3-15)10(19)14-8(5(2)17)11(20)21/h4-8,15-17H,3,12H2,1-2H3,(H,13,18)(H,14,19)(H,20,21). The summed E-state index contributed by atoms with van der Waals surface area (Å²) in [4.78, 5) is 34.2. The van der Waals surface area contributed by atoms with Gasteiger partial charge in [-0.3, -0.25) is 9.59 Å². The summed E-state index contributed by atoms with van der Waals surface area (Å²) in [6, 6.07) is -4.36. The number of aliphatic hydroxyl groups is 3. The number of aliphatic hydroxyl groups excluding tert-OH is 3. The van der Waals surface area contributed by atoms with Crippen LogP contribution in [0.1, 0.15) is 13.8 Å². The maximum Gasteiger partial charge on any atom is 0.328 e. The second-order valence-electron chi connectivity index (χ2n) is 4.58. The highest BCUT2D eigenvalue weighted by Gasteiger charge is 2.32. The molecule has 5 unspecified atom stereocenters. The average Bonchev–Trinajstić information content (AvgIpc) is 2.39. The van der Waals surface area contributed by atoms with Gasteiger partial charge in [0.2, 0.25) is 11.8 Å². The van der Waals surface area contributed by atoms with E-state index in [1.807, 2.05) is 5.32 Å². The van der Waals surface area contributed by atoms with Crippen LogP contribution in [0.3, 0.4) is 0 Å². The van der Waals surface area contributed by atoms with E-state index in [1.165, 1.54) is 6.92 Å². The molecule has 0 spiro atoms. The SMILES string of the molecule is CC(O)C(NC(=O)C(NC(=O)C(N)CO)C(C)O)C(=O)O. The number of aliphatic carboxylic acids is 1. The molecule has 0 aliphatic heterocycles. The molecular formula is C11H21N3O7. The van der Waals surface area contributed by atoms with Gasteiger partial charge in [0.05, 0.1) is 18.8 Å². The van der Waals surface area contributed by atoms with Crippen molar-refractivity contribution in [3.05, 3.63) is 0 Å². The molecule has 2 amide bonds. The predicted molar refractivity (Wildman–Crippen MR) is 69.9 cm³/mol. The summed E-state index contributed by atoms with van der Waals surface area (Å²) in [6.07, 6.45) is -2.72. The summed E-state index contributed by atoms with van der Waals surface area (Å²) >= 11 is 0. The molecule has 21 heavy (non-hydrogen) atoms. The van der Waals surface area contributed by atoms with E-state index >= 15 is 0 Å². The minimum absolute atomic E-state index is 0.661. The number of hydrogen-bond acceptors (Lipinski definition) is 7. The van der Waals surface area contributed by atoms with E-state index in [9.17, 15) is 24.6 Å². The lowest BCUT2D eigenvalue weighted by Crippen LogP contribution is -2.60. The first-order valence-electron chi connectivity index (χ1n) is 6.17. The molecule has 0 heterocycles. The van der Waals surface area contributed by atoms with E-state index in [0.29, 0.717) is 0 Å². The molecule has 10 heteroatoms. The number of carbonyl (C=O) groups excluding carboxylic acids is 2. The van der Waals surface area contributed by atoms with Crippen LogP contribution in [0.4, 0.5) is 0 Å². The van der Waals surface area contributed by atoms with Gasteiger partial charge < -0.3 is 36.8 Å². The molecule has 122 valence electrons. The van der Waals surface area contributed by atoms with E-state index in [2.05, 4.69) is 5.32 Å². The Morgan fingerprint density at radius 2 is 1.43 bits per heavy atom. The van der Waals surface area contributed by atoms with Crippen molar-refractivity contribution in [2.75, 3.05) is 6.61 Å². The number of carboxylic acids is 1. The molecule has 0 saturated heterocycles. The minimum Gasteiger partial charge on any atom is -0.480 e. The monoisotopic (exact) mass is 307 g/mol. The number of rotatable bonds is 8. The van der Waals surface area contributed by atoms with E-state index in [0.717, 1.165) is 6.92 Å². The molecule has 0 saturated carbocycles. The van der Waals surface area contributed by atoms with Gasteiger partial charge in [0.1, 0.15) is 12.1 Å². The second-order valence-corrected chi connectivity index (χ2v) is 4.58. The summed E-state index contributed by atoms with van der Waals surface area (Å²) in [5.41, 5.74) is 5.25. The smallest absolute Gasteiger partial charge is 0.328 e. The fourth-order valence-electron chi connectivity index (χ4n) is 1.38. The lowest BCUT2D eigenvalue weighted by Gasteiger charge is -2.25. The highest BCUT2D eigenvalue weighted by molar-refractivity contribution is 5.92. The zero-order chi connectivity index (χ0) is 16.7. The quantitative estimate of drug-likeness (QED) is 0.237. The van der Waals surface area contributed by atoms with Crippen molar-refractivity contribution in [2.24, 2.45) is 5.73 Å². The summed E-state index contributed by atoms with van der Waals surface area (Å²) < 4.78 is 0. The van der Waals surface area contributed by atoms with Crippen LogP contribution in [0, 0.1) is 0 Å². The van der Waals surface area contributed by atoms with Crippen molar-refractivity contribution in [3.8, 4) is 0 Å². The number of amides is 2. The zero-order valence-electron chi connectivity index (χ0n) is 11.7. The molecule has 0 aromatic rings. The molecule has 0 aliphatic rings. The molecular weight excluding hydrogens is 286 g/mol. The fraction of sp³-hybridized carbons (Fsp3) is 0.727. The number of carbonyl (C=O) groups is 3. The molecule has 0 aromatic heterocycles. The van der Waals surface area contributed by atoms with Crippen molar-refractivity contribution in [1.29, 1.82) is 0 Å². The Kier molecular flexibility index (Phi) is 7.81. The van der Waals surface area contributed by atoms with Gasteiger partial charge in [0.25, 0.3) is 0 Å². The number of hydrogen-bond donors (Lipinski definition) is 7. The van der Waals surface area contributed by atoms with E-state index in [-0.39, 0.29) is 0 Å². The zero-order valence-corrected chi connectivity index (χ0v) is 11.7. The van der Waals surface area contributed by atoms with Crippen molar-refractivity contribution in [2.45, 2.75) is 44.2 Å². The van der Waals surface area contributed by atoms with Crippen LogP contribution in [0.5, 0.6) is 0 Å². The Morgan fingerprint density at radius 3 is 1.76 bits per heavy atom. The van der Waals surface area contributed by atoms with Crippen LogP contribution in [-0.2, 0) is 14.4 Å². The number of nitrogens with two attached hydrogens (primary N) is 1. The third kappa shape index (κ3) is 6.04. The van der Waals surface area contributed by atoms with Gasteiger partial charge in [-0.25, -0.2) is 4.79 Å². The van der Waals surface area contributed by atoms with Gasteiger partial charge >= 0.3 is 5.97 Å². The second kappa shape index (κ2) is 8.52. The van der Waals surface area contributed by atoms with E-state index in [4.69, 9.17) is 15.9 Å². The van der Waals surface area contributed by atoms with Crippen LogP contribution >= 0.6 is 0 Å². The highest BCUT2D eigenvalue weighted by atomic mass is 16.4. The van der Waals surface area contributed by atoms with Crippen LogP contribution in [0.2, 0.25) is 0 Å². The van der Waals surface area contributed by atoms with Crippen molar-refractivity contribution < 1.29 is 34.8 Å². The Morgan fingerprint density at radius 1 is 1.00 bits per heavy atom. The summed E-state index contributed by atoms with van der Waals surface area (Å²) in [5.74, 6) is -3.36. The largest absolute Gasteiger partial charge is 0.480 e. The van der Waals surface area contributed by atoms with Crippen molar-refractivity contribution >= 4 is 17.8 Å². The van der Waals surface area contributed by atoms with Crippen LogP contribution in [0.25, 0.3) is 0 Å². The maximum absolute atomic E-state index is 11.9. The third-order valence-corrected chi connectivity index (χ3v) is 2.64. The Hall–Kier alpha value is -1.75. The van der Waals surface area contributed by atoms with Crippen LogP contribution in [0.15, 0.2) is 0 Å². The lowest BCUT2D eigenvalue weighted by atomic mass is 10.1. The van der Waals surface area contributed by atoms with Crippen LogP contribution < -0.4 is 16.4 Å². The number of carboxylic acid groups (broad SMARTS) is 1. The van der Waals surface area contributed by atoms with Gasteiger partial charge in [0, 0.05) is 0 Å². The van der Waals surface area contributed by atoms with Gasteiger partial charge in [0.15, 0.2) is 6.04 Å². The maximum atomic E-state index is 11.9. The molecule has 0 rings (SSSR count). The summed E-state index contributed by atoms with van der Waals surface area (Å²) in [6.45, 7) is 1.70. The molecule has 8 N–H and O–H groups in total. The first kappa shape index (κ1) is 19.2. The van der Waals surface area contributed by atoms with Gasteiger partial charge in [-0.05, 0) is 13.8 Å². The third-order valence-electron chi connectivity index (χ3n) is 2.64. The van der Waals surface area contributed by atoms with Crippen molar-refractivity contribution in [3.63, 3.8) is 0 Å². The van der Waals surface area contributed by atoms with Gasteiger partial charge in [-0.1, -0.05) is 0 Å². The average molecular weight is 307 g/mol. The van der Waals surface area contributed by atoms with Gasteiger partial charge in [-0.2, -0.15) is 0 Å². The summed E-state index contributed by atoms with van der Waals surface area (Å²) in [5, 5.41) is 40.4. The van der Waals surface area contributed by atoms with E-state index < -0.39 is 54.7 Å². The normalized spacial score (nSPS) is 18.0. The predicted octanol–water partition coefficient (Wildman–Crippen LogP) is -3.88. The van der Waals surface area contributed by atoms with Gasteiger partial charge in [-0.15, -0.1) is 0 Å². The topological polar surface area (TPSA) is 182 Å². The molecule has 0 aliphatic carbocycles. The minimum atomic E-state index is -1.60. The lowest BCUT2D eigenvalue weighted by molar-refractivity contribution is -0.145. The molecule has 5 atom stereocenters. The van der Waals surface area contributed by atoms with Crippen LogP contribution in [-0.4, -0.2) is 75.2 Å². The number of nitrogens with one attached hydrogen (secondary N) is 2. The Labute approximate surface area is 120 Å². The molecule has 0 radical (unpaired) electrons. The molecule has 10 nitrogen and oxygen atoms in total. The Bertz CT molecular complexity index is 386. The first-order valence-corrected chi connectivity index (χ1v) is 6.17.